The smallest absolute Gasteiger partial charge is 0.220 e. The molecule has 2 fully saturated rings. The lowest BCUT2D eigenvalue weighted by molar-refractivity contribution is -0.122. The molecule has 1 amide bonds. The van der Waals surface area contributed by atoms with Crippen LogP contribution in [0.5, 0.6) is 0 Å². The Morgan fingerprint density at radius 3 is 2.89 bits per heavy atom. The van der Waals surface area contributed by atoms with Crippen LogP contribution in [0.3, 0.4) is 0 Å². The highest BCUT2D eigenvalue weighted by molar-refractivity contribution is 8.00. The molecular weight excluding hydrogens is 244 g/mol. The minimum Gasteiger partial charge on any atom is -0.355 e. The van der Waals surface area contributed by atoms with Crippen LogP contribution in [-0.2, 0) is 4.79 Å². The van der Waals surface area contributed by atoms with Gasteiger partial charge < -0.3 is 10.6 Å². The molecule has 2 atom stereocenters. The van der Waals surface area contributed by atoms with Gasteiger partial charge in [0.2, 0.25) is 5.91 Å². The molecule has 2 rings (SSSR count). The molecule has 1 heterocycles. The zero-order chi connectivity index (χ0) is 13.0. The van der Waals surface area contributed by atoms with Crippen LogP contribution in [0.4, 0.5) is 0 Å². The summed E-state index contributed by atoms with van der Waals surface area (Å²) >= 11 is 1.90. The third kappa shape index (κ3) is 3.89. The van der Waals surface area contributed by atoms with Gasteiger partial charge in [-0.2, -0.15) is 11.8 Å². The molecular formula is C14H26N2OS. The highest BCUT2D eigenvalue weighted by Crippen LogP contribution is 2.46. The van der Waals surface area contributed by atoms with Gasteiger partial charge in [0.15, 0.2) is 0 Å². The molecule has 4 heteroatoms. The summed E-state index contributed by atoms with van der Waals surface area (Å²) in [6, 6.07) is 0. The van der Waals surface area contributed by atoms with Crippen molar-refractivity contribution < 1.29 is 4.79 Å². The second-order valence-electron chi connectivity index (χ2n) is 5.95. The van der Waals surface area contributed by atoms with Crippen LogP contribution in [0.2, 0.25) is 0 Å². The Morgan fingerprint density at radius 2 is 2.33 bits per heavy atom. The van der Waals surface area contributed by atoms with Crippen molar-refractivity contribution in [1.29, 1.82) is 0 Å². The number of carbonyl (C=O) groups excluding carboxylic acids is 1. The molecule has 18 heavy (non-hydrogen) atoms. The summed E-state index contributed by atoms with van der Waals surface area (Å²) in [6.45, 7) is 5.32. The number of hydrogen-bond donors (Lipinski definition) is 2. The maximum Gasteiger partial charge on any atom is 0.220 e. The molecule has 1 aliphatic carbocycles. The SMILES string of the molecule is CSC1(CNC(=O)CC(C)C2CCCNC2)CC1. The number of nitrogens with one attached hydrogen (secondary N) is 2. The summed E-state index contributed by atoms with van der Waals surface area (Å²) in [4.78, 5) is 11.9. The average Bonchev–Trinajstić information content (AvgIpc) is 3.18. The summed E-state index contributed by atoms with van der Waals surface area (Å²) in [5.74, 6) is 1.43. The first-order valence-electron chi connectivity index (χ1n) is 7.18. The molecule has 1 saturated heterocycles. The topological polar surface area (TPSA) is 41.1 Å². The van der Waals surface area contributed by atoms with Crippen LogP contribution in [0.1, 0.15) is 39.0 Å². The lowest BCUT2D eigenvalue weighted by Crippen LogP contribution is -2.37. The van der Waals surface area contributed by atoms with Crippen molar-refractivity contribution in [2.45, 2.75) is 43.8 Å². The molecule has 1 saturated carbocycles. The number of amides is 1. The zero-order valence-electron chi connectivity index (χ0n) is 11.6. The van der Waals surface area contributed by atoms with Crippen molar-refractivity contribution >= 4 is 17.7 Å². The van der Waals surface area contributed by atoms with Gasteiger partial charge in [0.05, 0.1) is 0 Å². The van der Waals surface area contributed by atoms with Crippen molar-refractivity contribution in [1.82, 2.24) is 10.6 Å². The highest BCUT2D eigenvalue weighted by atomic mass is 32.2. The molecule has 0 bridgehead atoms. The van der Waals surface area contributed by atoms with Crippen molar-refractivity contribution in [2.24, 2.45) is 11.8 Å². The van der Waals surface area contributed by atoms with Crippen LogP contribution in [0.25, 0.3) is 0 Å². The van der Waals surface area contributed by atoms with Crippen LogP contribution in [-0.4, -0.2) is 36.5 Å². The summed E-state index contributed by atoms with van der Waals surface area (Å²) in [5, 5.41) is 6.56. The maximum atomic E-state index is 11.9. The van der Waals surface area contributed by atoms with Gasteiger partial charge in [-0.05, 0) is 56.9 Å². The number of piperidine rings is 1. The lowest BCUT2D eigenvalue weighted by atomic mass is 9.85. The largest absolute Gasteiger partial charge is 0.355 e. The van der Waals surface area contributed by atoms with Crippen LogP contribution in [0, 0.1) is 11.8 Å². The lowest BCUT2D eigenvalue weighted by Gasteiger charge is -2.28. The Morgan fingerprint density at radius 1 is 1.56 bits per heavy atom. The third-order valence-electron chi connectivity index (χ3n) is 4.50. The summed E-state index contributed by atoms with van der Waals surface area (Å²) in [5.41, 5.74) is 0. The maximum absolute atomic E-state index is 11.9. The van der Waals surface area contributed by atoms with Crippen molar-refractivity contribution in [3.8, 4) is 0 Å². The van der Waals surface area contributed by atoms with E-state index in [1.54, 1.807) is 0 Å². The monoisotopic (exact) mass is 270 g/mol. The molecule has 0 radical (unpaired) electrons. The predicted octanol–water partition coefficient (Wildman–Crippen LogP) is 2.02. The van der Waals surface area contributed by atoms with E-state index in [1.165, 1.54) is 25.7 Å². The van der Waals surface area contributed by atoms with Gasteiger partial charge in [-0.15, -0.1) is 0 Å². The van der Waals surface area contributed by atoms with E-state index in [1.807, 2.05) is 11.8 Å². The molecule has 104 valence electrons. The normalized spacial score (nSPS) is 27.6. The molecule has 3 nitrogen and oxygen atoms in total. The Bertz CT molecular complexity index is 286. The molecule has 0 aromatic rings. The Kier molecular flexibility index (Phi) is 4.96. The second kappa shape index (κ2) is 6.29. The van der Waals surface area contributed by atoms with E-state index in [4.69, 9.17) is 0 Å². The fourth-order valence-corrected chi connectivity index (χ4v) is 3.47. The van der Waals surface area contributed by atoms with E-state index in [0.29, 0.717) is 23.0 Å². The second-order valence-corrected chi connectivity index (χ2v) is 7.23. The van der Waals surface area contributed by atoms with Gasteiger partial charge in [-0.1, -0.05) is 6.92 Å². The number of carbonyl (C=O) groups is 1. The van der Waals surface area contributed by atoms with Crippen molar-refractivity contribution in [3.63, 3.8) is 0 Å². The van der Waals surface area contributed by atoms with Crippen LogP contribution < -0.4 is 10.6 Å². The van der Waals surface area contributed by atoms with E-state index in [0.717, 1.165) is 19.6 Å². The minimum absolute atomic E-state index is 0.244. The van der Waals surface area contributed by atoms with Crippen molar-refractivity contribution in [2.75, 3.05) is 25.9 Å². The highest BCUT2D eigenvalue weighted by Gasteiger charge is 2.41. The molecule has 0 aromatic carbocycles. The average molecular weight is 270 g/mol. The van der Waals surface area contributed by atoms with Gasteiger partial charge in [-0.3, -0.25) is 4.79 Å². The summed E-state index contributed by atoms with van der Waals surface area (Å²) in [7, 11) is 0. The first-order chi connectivity index (χ1) is 8.65. The standard InChI is InChI=1S/C14H26N2OS/c1-11(12-4-3-7-15-9-12)8-13(17)16-10-14(18-2)5-6-14/h11-12,15H,3-10H2,1-2H3,(H,16,17). The van der Waals surface area contributed by atoms with Gasteiger partial charge in [0, 0.05) is 17.7 Å². The summed E-state index contributed by atoms with van der Waals surface area (Å²) in [6.07, 6.45) is 7.89. The molecule has 1 aliphatic heterocycles. The van der Waals surface area contributed by atoms with Crippen LogP contribution in [0.15, 0.2) is 0 Å². The molecule has 2 aliphatic rings. The number of thioether (sulfide) groups is 1. The van der Waals surface area contributed by atoms with Gasteiger partial charge in [-0.25, -0.2) is 0 Å². The fraction of sp³-hybridized carbons (Fsp3) is 0.929. The first-order valence-corrected chi connectivity index (χ1v) is 8.40. The zero-order valence-corrected chi connectivity index (χ0v) is 12.4. The summed E-state index contributed by atoms with van der Waals surface area (Å²) < 4.78 is 0.380. The molecule has 0 aromatic heterocycles. The minimum atomic E-state index is 0.244. The van der Waals surface area contributed by atoms with E-state index in [2.05, 4.69) is 23.8 Å². The first kappa shape index (κ1) is 14.2. The van der Waals surface area contributed by atoms with E-state index in [9.17, 15) is 4.79 Å². The molecule has 2 unspecified atom stereocenters. The van der Waals surface area contributed by atoms with Crippen LogP contribution >= 0.6 is 11.8 Å². The molecule has 2 N–H and O–H groups in total. The van der Waals surface area contributed by atoms with E-state index >= 15 is 0 Å². The Balaban J connectivity index is 1.66. The van der Waals surface area contributed by atoms with E-state index < -0.39 is 0 Å². The third-order valence-corrected chi connectivity index (χ3v) is 5.91. The number of rotatable bonds is 6. The van der Waals surface area contributed by atoms with Gasteiger partial charge in [0.1, 0.15) is 0 Å². The molecule has 0 spiro atoms. The van der Waals surface area contributed by atoms with Crippen molar-refractivity contribution in [3.05, 3.63) is 0 Å². The Labute approximate surface area is 115 Å². The number of hydrogen-bond acceptors (Lipinski definition) is 3. The van der Waals surface area contributed by atoms with Gasteiger partial charge >= 0.3 is 0 Å². The fourth-order valence-electron chi connectivity index (χ4n) is 2.75. The Hall–Kier alpha value is -0.220. The van der Waals surface area contributed by atoms with Gasteiger partial charge in [0.25, 0.3) is 0 Å². The quantitative estimate of drug-likeness (QED) is 0.776. The van der Waals surface area contributed by atoms with E-state index in [-0.39, 0.29) is 5.91 Å². The predicted molar refractivity (Wildman–Crippen MR) is 77.9 cm³/mol.